The first kappa shape index (κ1) is 35.8. The Labute approximate surface area is 295 Å². The first-order chi connectivity index (χ1) is 23.7. The molecule has 254 valence electrons. The highest BCUT2D eigenvalue weighted by molar-refractivity contribution is 6.36. The zero-order valence-corrected chi connectivity index (χ0v) is 28.5. The number of allylic oxidation sites excluding steroid dienone is 1. The Balaban J connectivity index is 1.04. The van der Waals surface area contributed by atoms with Crippen molar-refractivity contribution in [2.45, 2.75) is 6.42 Å². The van der Waals surface area contributed by atoms with Crippen LogP contribution in [0.5, 0.6) is 11.5 Å². The topological polar surface area (TPSA) is 88.2 Å². The molecule has 5 rings (SSSR count). The van der Waals surface area contributed by atoms with Gasteiger partial charge in [-0.2, -0.15) is 0 Å². The molecule has 0 saturated carbocycles. The van der Waals surface area contributed by atoms with E-state index >= 15 is 0 Å². The Bertz CT molecular complexity index is 1820. The number of piperazine rings is 1. The summed E-state index contributed by atoms with van der Waals surface area (Å²) in [6.45, 7) is 4.61. The summed E-state index contributed by atoms with van der Waals surface area (Å²) < 4.78 is 24.6. The zero-order chi connectivity index (χ0) is 34.8. The molecule has 8 nitrogen and oxygen atoms in total. The number of anilines is 1. The maximum atomic E-state index is 13.2. The van der Waals surface area contributed by atoms with Crippen LogP contribution in [0.4, 0.5) is 10.1 Å². The van der Waals surface area contributed by atoms with Crippen LogP contribution in [0.15, 0.2) is 91.0 Å². The van der Waals surface area contributed by atoms with Crippen molar-refractivity contribution >= 4 is 52.4 Å². The van der Waals surface area contributed by atoms with Crippen LogP contribution < -0.4 is 14.8 Å². The molecule has 0 atom stereocenters. The van der Waals surface area contributed by atoms with Gasteiger partial charge in [-0.3, -0.25) is 19.3 Å². The Hall–Kier alpha value is -4.54. The lowest BCUT2D eigenvalue weighted by molar-refractivity contribution is -0.117. The van der Waals surface area contributed by atoms with Crippen LogP contribution in [-0.2, 0) is 4.79 Å². The summed E-state index contributed by atoms with van der Waals surface area (Å²) in [7, 11) is 1.56. The number of carbonyl (C=O) groups excluding carboxylic acids is 3. The minimum Gasteiger partial charge on any atom is -0.493 e. The van der Waals surface area contributed by atoms with Crippen LogP contribution in [0.2, 0.25) is 10.0 Å². The predicted octanol–water partition coefficient (Wildman–Crippen LogP) is 7.29. The maximum absolute atomic E-state index is 13.2. The third-order valence-electron chi connectivity index (χ3n) is 8.07. The lowest BCUT2D eigenvalue weighted by Crippen LogP contribution is -2.48. The van der Waals surface area contributed by atoms with Gasteiger partial charge in [0, 0.05) is 54.4 Å². The van der Waals surface area contributed by atoms with E-state index in [2.05, 4.69) is 15.1 Å². The standard InChI is InChI=1S/C38H36Cl2FN3O5/c1-48-36-23-26(7-15-34(45)27-9-12-29(41)13-10-27)8-16-35(36)49-22-4-17-43-18-20-44(21-19-43)25-37(46)42-33-14-11-28(39)24-31(33)38(47)30-5-2-3-6-32(30)40/h2-3,5-16,23-24H,4,17-22,25H2,1H3,(H,42,46)/b15-7+. The van der Waals surface area contributed by atoms with Crippen LogP contribution >= 0.6 is 23.2 Å². The van der Waals surface area contributed by atoms with Gasteiger partial charge in [-0.05, 0) is 84.8 Å². The van der Waals surface area contributed by atoms with Crippen molar-refractivity contribution < 1.29 is 28.2 Å². The first-order valence-electron chi connectivity index (χ1n) is 15.8. The SMILES string of the molecule is COc1cc(/C=C/C(=O)c2ccc(F)cc2)ccc1OCCCN1CCN(CC(=O)Nc2ccc(Cl)cc2C(=O)c2ccccc2Cl)CC1. The predicted molar refractivity (Wildman–Crippen MR) is 191 cm³/mol. The molecule has 4 aromatic rings. The van der Waals surface area contributed by atoms with Crippen LogP contribution in [0.1, 0.15) is 38.3 Å². The van der Waals surface area contributed by atoms with E-state index in [1.807, 2.05) is 12.1 Å². The average Bonchev–Trinajstić information content (AvgIpc) is 3.11. The number of rotatable bonds is 14. The second kappa shape index (κ2) is 17.2. The number of hydrogen-bond donors (Lipinski definition) is 1. The summed E-state index contributed by atoms with van der Waals surface area (Å²) in [5.74, 6) is 0.0182. The second-order valence-electron chi connectivity index (χ2n) is 11.5. The second-order valence-corrected chi connectivity index (χ2v) is 12.3. The number of halogens is 3. The molecular formula is C38H36Cl2FN3O5. The maximum Gasteiger partial charge on any atom is 0.238 e. The number of carbonyl (C=O) groups is 3. The number of ketones is 2. The van der Waals surface area contributed by atoms with Gasteiger partial charge in [0.25, 0.3) is 0 Å². The monoisotopic (exact) mass is 703 g/mol. The first-order valence-corrected chi connectivity index (χ1v) is 16.6. The third-order valence-corrected chi connectivity index (χ3v) is 8.64. The van der Waals surface area contributed by atoms with Crippen molar-refractivity contribution in [1.82, 2.24) is 9.80 Å². The fourth-order valence-electron chi connectivity index (χ4n) is 5.43. The van der Waals surface area contributed by atoms with E-state index in [0.717, 1.165) is 44.7 Å². The van der Waals surface area contributed by atoms with Crippen molar-refractivity contribution in [3.8, 4) is 11.5 Å². The molecule has 1 saturated heterocycles. The van der Waals surface area contributed by atoms with Gasteiger partial charge in [-0.1, -0.05) is 47.5 Å². The molecule has 1 fully saturated rings. The number of ether oxygens (including phenoxy) is 2. The van der Waals surface area contributed by atoms with Gasteiger partial charge in [-0.25, -0.2) is 4.39 Å². The number of nitrogens with one attached hydrogen (secondary N) is 1. The van der Waals surface area contributed by atoms with Crippen LogP contribution in [0.3, 0.4) is 0 Å². The van der Waals surface area contributed by atoms with E-state index in [1.54, 1.807) is 55.7 Å². The summed E-state index contributed by atoms with van der Waals surface area (Å²) in [4.78, 5) is 43.0. The van der Waals surface area contributed by atoms with Crippen LogP contribution in [0, 0.1) is 5.82 Å². The van der Waals surface area contributed by atoms with Gasteiger partial charge >= 0.3 is 0 Å². The summed E-state index contributed by atoms with van der Waals surface area (Å²) in [5, 5.41) is 3.59. The average molecular weight is 705 g/mol. The fraction of sp³-hybridized carbons (Fsp3) is 0.237. The van der Waals surface area contributed by atoms with Gasteiger partial charge in [0.05, 0.1) is 31.0 Å². The molecule has 1 aliphatic rings. The molecule has 1 aliphatic heterocycles. The molecule has 49 heavy (non-hydrogen) atoms. The normalized spacial score (nSPS) is 13.7. The molecular weight excluding hydrogens is 668 g/mol. The molecule has 0 radical (unpaired) electrons. The van der Waals surface area contributed by atoms with Crippen molar-refractivity contribution in [3.63, 3.8) is 0 Å². The lowest BCUT2D eigenvalue weighted by Gasteiger charge is -2.34. The number of benzene rings is 4. The van der Waals surface area contributed by atoms with Crippen molar-refractivity contribution in [3.05, 3.63) is 129 Å². The van der Waals surface area contributed by atoms with Gasteiger partial charge < -0.3 is 19.7 Å². The van der Waals surface area contributed by atoms with E-state index in [4.69, 9.17) is 32.7 Å². The Morgan fingerprint density at radius 3 is 2.33 bits per heavy atom. The highest BCUT2D eigenvalue weighted by atomic mass is 35.5. The van der Waals surface area contributed by atoms with Crippen LogP contribution in [0.25, 0.3) is 6.08 Å². The molecule has 1 heterocycles. The van der Waals surface area contributed by atoms with E-state index in [-0.39, 0.29) is 29.6 Å². The third kappa shape index (κ3) is 9.99. The molecule has 0 aromatic heterocycles. The summed E-state index contributed by atoms with van der Waals surface area (Å²) in [5.41, 5.74) is 2.18. The summed E-state index contributed by atoms with van der Waals surface area (Å²) in [6, 6.07) is 22.4. The Morgan fingerprint density at radius 1 is 0.857 bits per heavy atom. The quantitative estimate of drug-likeness (QED) is 0.0838. The zero-order valence-electron chi connectivity index (χ0n) is 27.0. The number of nitrogens with zero attached hydrogens (tertiary/aromatic N) is 2. The Kier molecular flexibility index (Phi) is 12.6. The Morgan fingerprint density at radius 2 is 1.59 bits per heavy atom. The minimum atomic E-state index is -0.391. The fourth-order valence-corrected chi connectivity index (χ4v) is 5.82. The van der Waals surface area contributed by atoms with E-state index in [1.165, 1.54) is 36.4 Å². The van der Waals surface area contributed by atoms with E-state index < -0.39 is 5.82 Å². The van der Waals surface area contributed by atoms with Gasteiger partial charge in [0.2, 0.25) is 5.91 Å². The highest BCUT2D eigenvalue weighted by Crippen LogP contribution is 2.29. The number of methoxy groups -OCH3 is 1. The molecule has 0 spiro atoms. The van der Waals surface area contributed by atoms with Crippen LogP contribution in [-0.4, -0.2) is 80.3 Å². The van der Waals surface area contributed by atoms with Gasteiger partial charge in [0.1, 0.15) is 5.82 Å². The number of amides is 1. The largest absolute Gasteiger partial charge is 0.493 e. The van der Waals surface area contributed by atoms with Crippen molar-refractivity contribution in [2.75, 3.05) is 58.3 Å². The van der Waals surface area contributed by atoms with Crippen molar-refractivity contribution in [1.29, 1.82) is 0 Å². The lowest BCUT2D eigenvalue weighted by atomic mass is 10.0. The smallest absolute Gasteiger partial charge is 0.238 e. The minimum absolute atomic E-state index is 0.199. The summed E-state index contributed by atoms with van der Waals surface area (Å²) >= 11 is 12.4. The molecule has 0 unspecified atom stereocenters. The molecule has 4 aromatic carbocycles. The van der Waals surface area contributed by atoms with Gasteiger partial charge in [0.15, 0.2) is 23.1 Å². The van der Waals surface area contributed by atoms with E-state index in [0.29, 0.717) is 45.0 Å². The molecule has 0 aliphatic carbocycles. The molecule has 11 heteroatoms. The summed E-state index contributed by atoms with van der Waals surface area (Å²) in [6.07, 6.45) is 3.92. The molecule has 1 N–H and O–H groups in total. The van der Waals surface area contributed by atoms with Crippen molar-refractivity contribution in [2.24, 2.45) is 0 Å². The van der Waals surface area contributed by atoms with Gasteiger partial charge in [-0.15, -0.1) is 0 Å². The highest BCUT2D eigenvalue weighted by Gasteiger charge is 2.22. The number of hydrogen-bond acceptors (Lipinski definition) is 7. The van der Waals surface area contributed by atoms with E-state index in [9.17, 15) is 18.8 Å². The molecule has 1 amide bonds. The molecule has 0 bridgehead atoms.